The van der Waals surface area contributed by atoms with E-state index in [-0.39, 0.29) is 11.7 Å². The molecule has 0 atom stereocenters. The molecular formula is C18H20N4OS2. The molecule has 0 aliphatic heterocycles. The molecule has 0 saturated carbocycles. The lowest BCUT2D eigenvalue weighted by Crippen LogP contribution is -2.15. The van der Waals surface area contributed by atoms with Gasteiger partial charge in [-0.05, 0) is 37.5 Å². The number of thioether (sulfide) groups is 1. The highest BCUT2D eigenvalue weighted by Gasteiger charge is 2.14. The molecule has 2 aromatic heterocycles. The fraction of sp³-hybridized carbons (Fsp3) is 0.278. The van der Waals surface area contributed by atoms with Crippen LogP contribution >= 0.6 is 23.1 Å². The molecule has 25 heavy (non-hydrogen) atoms. The number of nitrogens with two attached hydrogens (primary N) is 1. The van der Waals surface area contributed by atoms with Crippen LogP contribution in [0.5, 0.6) is 0 Å². The Labute approximate surface area is 155 Å². The van der Waals surface area contributed by atoms with Gasteiger partial charge in [-0.1, -0.05) is 36.9 Å². The summed E-state index contributed by atoms with van der Waals surface area (Å²) in [5, 5.41) is 4.41. The molecule has 3 N–H and O–H groups in total. The van der Waals surface area contributed by atoms with Gasteiger partial charge < -0.3 is 11.1 Å². The summed E-state index contributed by atoms with van der Waals surface area (Å²) in [6.07, 6.45) is 0.872. The molecule has 0 spiro atoms. The van der Waals surface area contributed by atoms with Crippen LogP contribution < -0.4 is 11.1 Å². The van der Waals surface area contributed by atoms with Crippen LogP contribution in [-0.2, 0) is 11.2 Å². The third kappa shape index (κ3) is 3.77. The number of thiophene rings is 1. The van der Waals surface area contributed by atoms with Crippen molar-refractivity contribution in [3.8, 4) is 0 Å². The number of carbonyl (C=O) groups is 1. The number of aromatic nitrogens is 2. The number of hydrogen-bond acceptors (Lipinski definition) is 6. The van der Waals surface area contributed by atoms with Gasteiger partial charge in [-0.25, -0.2) is 9.97 Å². The Balaban J connectivity index is 1.71. The molecule has 1 amide bonds. The number of nitrogens with one attached hydrogen (secondary N) is 1. The number of nitrogen functional groups attached to an aromatic ring is 1. The van der Waals surface area contributed by atoms with Gasteiger partial charge in [0.2, 0.25) is 5.91 Å². The van der Waals surface area contributed by atoms with Gasteiger partial charge in [0.25, 0.3) is 0 Å². The van der Waals surface area contributed by atoms with E-state index in [1.165, 1.54) is 16.6 Å². The molecule has 0 bridgehead atoms. The number of anilines is 2. The third-order valence-electron chi connectivity index (χ3n) is 4.04. The minimum Gasteiger partial charge on any atom is -0.383 e. The van der Waals surface area contributed by atoms with Crippen LogP contribution in [0.3, 0.4) is 0 Å². The van der Waals surface area contributed by atoms with Crippen molar-refractivity contribution in [2.75, 3.05) is 16.8 Å². The van der Waals surface area contributed by atoms with Crippen molar-refractivity contribution < 1.29 is 4.79 Å². The fourth-order valence-corrected chi connectivity index (χ4v) is 4.34. The number of nitrogens with zero attached hydrogens (tertiary/aromatic N) is 2. The number of rotatable bonds is 5. The largest absolute Gasteiger partial charge is 0.383 e. The number of amides is 1. The zero-order chi connectivity index (χ0) is 18.0. The third-order valence-corrected chi connectivity index (χ3v) is 5.99. The molecular weight excluding hydrogens is 352 g/mol. The zero-order valence-electron chi connectivity index (χ0n) is 14.4. The number of aryl methyl sites for hydroxylation is 3. The standard InChI is InChI=1S/C18H20N4OS2/c1-4-12-7-5-6-8-13(12)20-14(23)9-24-18-21-16(19)15-10(2)11(3)25-17(15)22-18/h5-8H,4,9H2,1-3H3,(H,20,23)(H2,19,21,22). The Morgan fingerprint density at radius 2 is 2.04 bits per heavy atom. The van der Waals surface area contributed by atoms with Gasteiger partial charge in [-0.3, -0.25) is 4.79 Å². The summed E-state index contributed by atoms with van der Waals surface area (Å²) in [6, 6.07) is 7.82. The predicted octanol–water partition coefficient (Wildman–Crippen LogP) is 4.18. The van der Waals surface area contributed by atoms with Crippen molar-refractivity contribution in [2.24, 2.45) is 0 Å². The van der Waals surface area contributed by atoms with Gasteiger partial charge in [-0.15, -0.1) is 11.3 Å². The fourth-order valence-electron chi connectivity index (χ4n) is 2.59. The maximum Gasteiger partial charge on any atom is 0.234 e. The van der Waals surface area contributed by atoms with E-state index in [4.69, 9.17) is 5.73 Å². The van der Waals surface area contributed by atoms with Crippen LogP contribution in [0.15, 0.2) is 29.4 Å². The monoisotopic (exact) mass is 372 g/mol. The first-order chi connectivity index (χ1) is 12.0. The Bertz CT molecular complexity index is 936. The lowest BCUT2D eigenvalue weighted by Gasteiger charge is -2.09. The quantitative estimate of drug-likeness (QED) is 0.519. The Kier molecular flexibility index (Phi) is 5.24. The molecule has 0 saturated heterocycles. The minimum absolute atomic E-state index is 0.0771. The van der Waals surface area contributed by atoms with Gasteiger partial charge in [-0.2, -0.15) is 0 Å². The number of para-hydroxylation sites is 1. The van der Waals surface area contributed by atoms with Crippen LogP contribution in [0.1, 0.15) is 22.9 Å². The molecule has 5 nitrogen and oxygen atoms in total. The van der Waals surface area contributed by atoms with Crippen LogP contribution in [0.25, 0.3) is 10.2 Å². The van der Waals surface area contributed by atoms with Crippen molar-refractivity contribution in [1.29, 1.82) is 0 Å². The second-order valence-corrected chi connectivity index (χ2v) is 7.85. The summed E-state index contributed by atoms with van der Waals surface area (Å²) in [5.74, 6) is 0.643. The highest BCUT2D eigenvalue weighted by atomic mass is 32.2. The van der Waals surface area contributed by atoms with Crippen molar-refractivity contribution in [2.45, 2.75) is 32.3 Å². The summed E-state index contributed by atoms with van der Waals surface area (Å²) in [6.45, 7) is 6.14. The highest BCUT2D eigenvalue weighted by molar-refractivity contribution is 7.99. The number of benzene rings is 1. The average molecular weight is 373 g/mol. The molecule has 2 heterocycles. The van der Waals surface area contributed by atoms with Crippen molar-refractivity contribution in [3.63, 3.8) is 0 Å². The summed E-state index contributed by atoms with van der Waals surface area (Å²) < 4.78 is 0. The number of hydrogen-bond donors (Lipinski definition) is 2. The maximum atomic E-state index is 12.2. The summed E-state index contributed by atoms with van der Waals surface area (Å²) >= 11 is 2.90. The van der Waals surface area contributed by atoms with Crippen molar-refractivity contribution in [1.82, 2.24) is 9.97 Å². The van der Waals surface area contributed by atoms with Gasteiger partial charge in [0.05, 0.1) is 11.1 Å². The van der Waals surface area contributed by atoms with E-state index in [9.17, 15) is 4.79 Å². The highest BCUT2D eigenvalue weighted by Crippen LogP contribution is 2.33. The molecule has 3 rings (SSSR count). The van der Waals surface area contributed by atoms with E-state index in [1.807, 2.05) is 38.1 Å². The first-order valence-corrected chi connectivity index (χ1v) is 9.83. The molecule has 0 unspecified atom stereocenters. The Hall–Kier alpha value is -2.12. The molecule has 0 aliphatic rings. The van der Waals surface area contributed by atoms with E-state index in [0.29, 0.717) is 11.0 Å². The van der Waals surface area contributed by atoms with Crippen molar-refractivity contribution in [3.05, 3.63) is 40.3 Å². The van der Waals surface area contributed by atoms with Crippen LogP contribution in [-0.4, -0.2) is 21.6 Å². The molecule has 0 radical (unpaired) electrons. The maximum absolute atomic E-state index is 12.2. The SMILES string of the molecule is CCc1ccccc1NC(=O)CSc1nc(N)c2c(C)c(C)sc2n1. The van der Waals surface area contributed by atoms with E-state index in [2.05, 4.69) is 22.2 Å². The predicted molar refractivity (Wildman–Crippen MR) is 106 cm³/mol. The van der Waals surface area contributed by atoms with Crippen LogP contribution in [0.4, 0.5) is 11.5 Å². The van der Waals surface area contributed by atoms with E-state index in [0.717, 1.165) is 33.5 Å². The number of fused-ring (bicyclic) bond motifs is 1. The average Bonchev–Trinajstić information content (AvgIpc) is 2.88. The molecule has 7 heteroatoms. The second kappa shape index (κ2) is 7.41. The molecule has 3 aromatic rings. The van der Waals surface area contributed by atoms with E-state index >= 15 is 0 Å². The topological polar surface area (TPSA) is 80.9 Å². The molecule has 0 aliphatic carbocycles. The summed E-state index contributed by atoms with van der Waals surface area (Å²) in [4.78, 5) is 23.2. The normalized spacial score (nSPS) is 11.0. The van der Waals surface area contributed by atoms with Gasteiger partial charge in [0, 0.05) is 10.6 Å². The van der Waals surface area contributed by atoms with Crippen molar-refractivity contribution >= 4 is 50.7 Å². The summed E-state index contributed by atoms with van der Waals surface area (Å²) in [7, 11) is 0. The first-order valence-electron chi connectivity index (χ1n) is 8.03. The lowest BCUT2D eigenvalue weighted by atomic mass is 10.1. The Morgan fingerprint density at radius 1 is 1.28 bits per heavy atom. The Morgan fingerprint density at radius 3 is 2.80 bits per heavy atom. The van der Waals surface area contributed by atoms with Crippen LogP contribution in [0, 0.1) is 13.8 Å². The van der Waals surface area contributed by atoms with Gasteiger partial charge in [0.1, 0.15) is 10.6 Å². The van der Waals surface area contributed by atoms with E-state index < -0.39 is 0 Å². The molecule has 0 fully saturated rings. The molecule has 130 valence electrons. The minimum atomic E-state index is -0.0771. The zero-order valence-corrected chi connectivity index (χ0v) is 16.1. The number of carbonyl (C=O) groups excluding carboxylic acids is 1. The van der Waals surface area contributed by atoms with E-state index in [1.54, 1.807) is 11.3 Å². The first kappa shape index (κ1) is 17.7. The van der Waals surface area contributed by atoms with Crippen LogP contribution in [0.2, 0.25) is 0 Å². The second-order valence-electron chi connectivity index (χ2n) is 5.70. The van der Waals surface area contributed by atoms with Gasteiger partial charge in [0.15, 0.2) is 5.16 Å². The molecule has 1 aromatic carbocycles. The lowest BCUT2D eigenvalue weighted by molar-refractivity contribution is -0.113. The smallest absolute Gasteiger partial charge is 0.234 e. The van der Waals surface area contributed by atoms with Gasteiger partial charge >= 0.3 is 0 Å². The summed E-state index contributed by atoms with van der Waals surface area (Å²) in [5.41, 5.74) is 9.18.